The number of benzene rings is 2. The monoisotopic (exact) mass is 361 g/mol. The van der Waals surface area contributed by atoms with Gasteiger partial charge >= 0.3 is 6.03 Å². The summed E-state index contributed by atoms with van der Waals surface area (Å²) in [6.45, 7) is 1.28. The molecule has 0 atom stereocenters. The molecule has 130 valence electrons. The lowest BCUT2D eigenvalue weighted by Crippen LogP contribution is -2.39. The molecule has 3 rings (SSSR count). The highest BCUT2D eigenvalue weighted by molar-refractivity contribution is 6.30. The molecular weight excluding hydrogens is 345 g/mol. The zero-order valence-electron chi connectivity index (χ0n) is 13.4. The standard InChI is InChI=1S/C18H17ClFN3O2/c19-14-3-7-16(8-4-14)23-10-9-22(18(23)25)12-17(24)21-11-13-1-5-15(20)6-2-13/h1-8H,9-12H2,(H,21,24). The van der Waals surface area contributed by atoms with Gasteiger partial charge in [0.25, 0.3) is 0 Å². The smallest absolute Gasteiger partial charge is 0.325 e. The van der Waals surface area contributed by atoms with E-state index in [-0.39, 0.29) is 24.3 Å². The zero-order valence-corrected chi connectivity index (χ0v) is 14.2. The van der Waals surface area contributed by atoms with E-state index in [0.29, 0.717) is 24.7 Å². The first-order valence-electron chi connectivity index (χ1n) is 7.86. The van der Waals surface area contributed by atoms with Crippen molar-refractivity contribution in [3.05, 3.63) is 64.9 Å². The van der Waals surface area contributed by atoms with Crippen molar-refractivity contribution in [2.24, 2.45) is 0 Å². The molecule has 7 heteroatoms. The van der Waals surface area contributed by atoms with Gasteiger partial charge in [0, 0.05) is 30.3 Å². The second kappa shape index (κ2) is 7.53. The first-order valence-corrected chi connectivity index (χ1v) is 8.24. The van der Waals surface area contributed by atoms with Gasteiger partial charge in [-0.05, 0) is 42.0 Å². The molecule has 25 heavy (non-hydrogen) atoms. The van der Waals surface area contributed by atoms with Crippen LogP contribution in [0.25, 0.3) is 0 Å². The summed E-state index contributed by atoms with van der Waals surface area (Å²) in [6, 6.07) is 12.7. The van der Waals surface area contributed by atoms with Gasteiger partial charge in [0.1, 0.15) is 12.4 Å². The molecule has 3 amide bonds. The van der Waals surface area contributed by atoms with Crippen molar-refractivity contribution in [1.82, 2.24) is 10.2 Å². The summed E-state index contributed by atoms with van der Waals surface area (Å²) < 4.78 is 12.9. The summed E-state index contributed by atoms with van der Waals surface area (Å²) >= 11 is 5.86. The summed E-state index contributed by atoms with van der Waals surface area (Å²) in [4.78, 5) is 27.6. The lowest BCUT2D eigenvalue weighted by Gasteiger charge is -2.18. The molecule has 0 saturated carbocycles. The van der Waals surface area contributed by atoms with Crippen molar-refractivity contribution in [3.63, 3.8) is 0 Å². The molecule has 5 nitrogen and oxygen atoms in total. The van der Waals surface area contributed by atoms with E-state index in [1.807, 2.05) is 0 Å². The van der Waals surface area contributed by atoms with E-state index in [9.17, 15) is 14.0 Å². The van der Waals surface area contributed by atoms with Crippen molar-refractivity contribution in [3.8, 4) is 0 Å². The average molecular weight is 362 g/mol. The van der Waals surface area contributed by atoms with Gasteiger partial charge in [-0.3, -0.25) is 9.69 Å². The summed E-state index contributed by atoms with van der Waals surface area (Å²) in [6.07, 6.45) is 0. The largest absolute Gasteiger partial charge is 0.350 e. The zero-order chi connectivity index (χ0) is 17.8. The number of anilines is 1. The van der Waals surface area contributed by atoms with E-state index in [4.69, 9.17) is 11.6 Å². The molecular formula is C18H17ClFN3O2. The van der Waals surface area contributed by atoms with Crippen LogP contribution in [0.5, 0.6) is 0 Å². The Balaban J connectivity index is 1.52. The predicted octanol–water partition coefficient (Wildman–Crippen LogP) is 3.04. The molecule has 1 saturated heterocycles. The Morgan fingerprint density at radius 3 is 2.44 bits per heavy atom. The first-order chi connectivity index (χ1) is 12.0. The second-order valence-electron chi connectivity index (χ2n) is 5.74. The van der Waals surface area contributed by atoms with Crippen molar-refractivity contribution >= 4 is 29.2 Å². The quantitative estimate of drug-likeness (QED) is 0.890. The SMILES string of the molecule is O=C(CN1CCN(c2ccc(Cl)cc2)C1=O)NCc1ccc(F)cc1. The normalized spacial score (nSPS) is 14.1. The van der Waals surface area contributed by atoms with Crippen LogP contribution < -0.4 is 10.2 Å². The van der Waals surface area contributed by atoms with E-state index in [1.165, 1.54) is 17.0 Å². The van der Waals surface area contributed by atoms with Gasteiger partial charge < -0.3 is 10.2 Å². The van der Waals surface area contributed by atoms with Crippen LogP contribution in [0.4, 0.5) is 14.9 Å². The summed E-state index contributed by atoms with van der Waals surface area (Å²) in [5, 5.41) is 3.34. The van der Waals surface area contributed by atoms with Gasteiger partial charge in [-0.1, -0.05) is 23.7 Å². The second-order valence-corrected chi connectivity index (χ2v) is 6.17. The Morgan fingerprint density at radius 2 is 1.76 bits per heavy atom. The van der Waals surface area contributed by atoms with E-state index in [0.717, 1.165) is 11.3 Å². The van der Waals surface area contributed by atoms with Crippen LogP contribution in [0.1, 0.15) is 5.56 Å². The maximum absolute atomic E-state index is 12.9. The molecule has 1 aliphatic heterocycles. The van der Waals surface area contributed by atoms with Crippen molar-refractivity contribution < 1.29 is 14.0 Å². The van der Waals surface area contributed by atoms with Crippen LogP contribution in [0, 0.1) is 5.82 Å². The van der Waals surface area contributed by atoms with Crippen LogP contribution in [0.2, 0.25) is 5.02 Å². The molecule has 2 aromatic carbocycles. The van der Waals surface area contributed by atoms with Crippen LogP contribution in [-0.2, 0) is 11.3 Å². The molecule has 1 N–H and O–H groups in total. The van der Waals surface area contributed by atoms with E-state index in [1.54, 1.807) is 41.3 Å². The number of carbonyl (C=O) groups excluding carboxylic acids is 2. The summed E-state index contributed by atoms with van der Waals surface area (Å²) in [7, 11) is 0. The summed E-state index contributed by atoms with van der Waals surface area (Å²) in [5.74, 6) is -0.573. The third-order valence-electron chi connectivity index (χ3n) is 3.97. The number of halogens is 2. The Hall–Kier alpha value is -2.60. The molecule has 2 aromatic rings. The number of nitrogens with one attached hydrogen (secondary N) is 1. The number of carbonyl (C=O) groups is 2. The topological polar surface area (TPSA) is 52.7 Å². The van der Waals surface area contributed by atoms with Crippen molar-refractivity contribution in [1.29, 1.82) is 0 Å². The number of nitrogens with zero attached hydrogens (tertiary/aromatic N) is 2. The predicted molar refractivity (Wildman–Crippen MR) is 94.0 cm³/mol. The Bertz CT molecular complexity index is 765. The third kappa shape index (κ3) is 4.28. The van der Waals surface area contributed by atoms with Gasteiger partial charge in [-0.25, -0.2) is 9.18 Å². The minimum atomic E-state index is -0.319. The van der Waals surface area contributed by atoms with Crippen LogP contribution in [0.15, 0.2) is 48.5 Å². The number of hydrogen-bond donors (Lipinski definition) is 1. The van der Waals surface area contributed by atoms with Gasteiger partial charge in [0.15, 0.2) is 0 Å². The molecule has 0 unspecified atom stereocenters. The first kappa shape index (κ1) is 17.2. The van der Waals surface area contributed by atoms with Crippen LogP contribution in [0.3, 0.4) is 0 Å². The fourth-order valence-electron chi connectivity index (χ4n) is 2.62. The molecule has 0 bridgehead atoms. The fraction of sp³-hybridized carbons (Fsp3) is 0.222. The van der Waals surface area contributed by atoms with Gasteiger partial charge in [-0.2, -0.15) is 0 Å². The van der Waals surface area contributed by atoms with E-state index < -0.39 is 0 Å². The Labute approximate surface area is 150 Å². The van der Waals surface area contributed by atoms with Crippen molar-refractivity contribution in [2.45, 2.75) is 6.54 Å². The highest BCUT2D eigenvalue weighted by Crippen LogP contribution is 2.22. The van der Waals surface area contributed by atoms with E-state index >= 15 is 0 Å². The molecule has 1 aliphatic rings. The van der Waals surface area contributed by atoms with Gasteiger partial charge in [-0.15, -0.1) is 0 Å². The fourth-order valence-corrected chi connectivity index (χ4v) is 2.75. The lowest BCUT2D eigenvalue weighted by molar-refractivity contribution is -0.121. The molecule has 1 fully saturated rings. The molecule has 0 aliphatic carbocycles. The van der Waals surface area contributed by atoms with Crippen LogP contribution in [-0.4, -0.2) is 36.5 Å². The number of urea groups is 1. The Kier molecular flexibility index (Phi) is 5.19. The summed E-state index contributed by atoms with van der Waals surface area (Å²) in [5.41, 5.74) is 1.55. The van der Waals surface area contributed by atoms with Crippen LogP contribution >= 0.6 is 11.6 Å². The highest BCUT2D eigenvalue weighted by atomic mass is 35.5. The molecule has 1 heterocycles. The number of rotatable bonds is 5. The maximum Gasteiger partial charge on any atom is 0.325 e. The Morgan fingerprint density at radius 1 is 1.08 bits per heavy atom. The van der Waals surface area contributed by atoms with Gasteiger partial charge in [0.2, 0.25) is 5.91 Å². The minimum absolute atomic E-state index is 0.00980. The van der Waals surface area contributed by atoms with Gasteiger partial charge in [0.05, 0.1) is 0 Å². The third-order valence-corrected chi connectivity index (χ3v) is 4.22. The molecule has 0 aromatic heterocycles. The number of amides is 3. The number of hydrogen-bond acceptors (Lipinski definition) is 2. The molecule has 0 spiro atoms. The average Bonchev–Trinajstić information content (AvgIpc) is 2.96. The van der Waals surface area contributed by atoms with Crippen molar-refractivity contribution in [2.75, 3.05) is 24.5 Å². The highest BCUT2D eigenvalue weighted by Gasteiger charge is 2.30. The lowest BCUT2D eigenvalue weighted by atomic mass is 10.2. The molecule has 0 radical (unpaired) electrons. The minimum Gasteiger partial charge on any atom is -0.350 e. The van der Waals surface area contributed by atoms with E-state index in [2.05, 4.69) is 5.32 Å². The maximum atomic E-state index is 12.9.